The van der Waals surface area contributed by atoms with Gasteiger partial charge in [0.15, 0.2) is 0 Å². The second-order valence-electron chi connectivity index (χ2n) is 7.43. The molecule has 2 N–H and O–H groups in total. The third-order valence-corrected chi connectivity index (χ3v) is 6.50. The summed E-state index contributed by atoms with van der Waals surface area (Å²) in [5.74, 6) is -5.34. The number of esters is 2. The van der Waals surface area contributed by atoms with Gasteiger partial charge in [-0.15, -0.1) is 11.3 Å². The van der Waals surface area contributed by atoms with Gasteiger partial charge in [0, 0.05) is 4.88 Å². The summed E-state index contributed by atoms with van der Waals surface area (Å²) in [5.41, 5.74) is -4.12. The van der Waals surface area contributed by atoms with E-state index in [0.29, 0.717) is 23.3 Å². The standard InChI is InChI=1S/C22H22F4N2O5S/c1-3-33-20(31)21(22(24,25)26,27-17(29)12-8-4-6-10-14(12)23)28-18-16(19(30)32-2)13-9-5-7-11-15(13)34-18/h4,6,8,10,28H,3,5,7,9,11H2,1-2H3,(H,27,29). The molecule has 12 heteroatoms. The predicted molar refractivity (Wildman–Crippen MR) is 115 cm³/mol. The molecule has 2 aromatic rings. The fourth-order valence-electron chi connectivity index (χ4n) is 3.66. The minimum absolute atomic E-state index is 0.139. The molecular weight excluding hydrogens is 480 g/mol. The van der Waals surface area contributed by atoms with E-state index < -0.39 is 47.7 Å². The number of alkyl halides is 3. The van der Waals surface area contributed by atoms with E-state index in [-0.39, 0.29) is 10.6 Å². The van der Waals surface area contributed by atoms with Crippen molar-refractivity contribution in [2.45, 2.75) is 44.4 Å². The first-order valence-corrected chi connectivity index (χ1v) is 11.2. The summed E-state index contributed by atoms with van der Waals surface area (Å²) in [6.07, 6.45) is -2.97. The number of hydrogen-bond donors (Lipinski definition) is 2. The molecule has 0 radical (unpaired) electrons. The zero-order valence-corrected chi connectivity index (χ0v) is 19.1. The van der Waals surface area contributed by atoms with Gasteiger partial charge < -0.3 is 20.1 Å². The molecule has 34 heavy (non-hydrogen) atoms. The lowest BCUT2D eigenvalue weighted by Crippen LogP contribution is -2.69. The van der Waals surface area contributed by atoms with Crippen molar-refractivity contribution in [2.24, 2.45) is 0 Å². The van der Waals surface area contributed by atoms with E-state index in [2.05, 4.69) is 4.74 Å². The van der Waals surface area contributed by atoms with E-state index in [1.165, 1.54) is 19.1 Å². The lowest BCUT2D eigenvalue weighted by Gasteiger charge is -2.35. The minimum Gasteiger partial charge on any atom is -0.465 e. The quantitative estimate of drug-likeness (QED) is 0.335. The van der Waals surface area contributed by atoms with Crippen molar-refractivity contribution in [3.05, 3.63) is 51.7 Å². The third-order valence-electron chi connectivity index (χ3n) is 5.29. The zero-order chi connectivity index (χ0) is 25.1. The van der Waals surface area contributed by atoms with E-state index in [1.54, 1.807) is 5.32 Å². The lowest BCUT2D eigenvalue weighted by atomic mass is 9.95. The number of nitrogens with one attached hydrogen (secondary N) is 2. The van der Waals surface area contributed by atoms with Crippen molar-refractivity contribution < 1.29 is 41.4 Å². The van der Waals surface area contributed by atoms with Crippen LogP contribution in [0.25, 0.3) is 0 Å². The molecule has 1 aliphatic carbocycles. The van der Waals surface area contributed by atoms with Crippen LogP contribution in [0.15, 0.2) is 24.3 Å². The summed E-state index contributed by atoms with van der Waals surface area (Å²) in [6.45, 7) is 0.861. The van der Waals surface area contributed by atoms with Crippen molar-refractivity contribution in [2.75, 3.05) is 19.0 Å². The van der Waals surface area contributed by atoms with Gasteiger partial charge in [0.1, 0.15) is 10.8 Å². The molecule has 1 aromatic carbocycles. The molecular formula is C22H22F4N2O5S. The number of amides is 1. The van der Waals surface area contributed by atoms with Crippen molar-refractivity contribution in [1.29, 1.82) is 0 Å². The molecule has 0 saturated carbocycles. The van der Waals surface area contributed by atoms with Crippen molar-refractivity contribution in [3.8, 4) is 0 Å². The number of rotatable bonds is 7. The molecule has 1 atom stereocenters. The second-order valence-corrected chi connectivity index (χ2v) is 8.54. The smallest absolute Gasteiger partial charge is 0.441 e. The highest BCUT2D eigenvalue weighted by atomic mass is 32.1. The molecule has 0 spiro atoms. The van der Waals surface area contributed by atoms with Crippen LogP contribution in [-0.4, -0.2) is 43.4 Å². The van der Waals surface area contributed by atoms with Crippen LogP contribution in [0.3, 0.4) is 0 Å². The number of aryl methyl sites for hydroxylation is 1. The zero-order valence-electron chi connectivity index (χ0n) is 18.3. The number of ether oxygens (including phenoxy) is 2. The van der Waals surface area contributed by atoms with Crippen molar-refractivity contribution in [1.82, 2.24) is 5.32 Å². The van der Waals surface area contributed by atoms with E-state index in [9.17, 15) is 31.9 Å². The highest BCUT2D eigenvalue weighted by Crippen LogP contribution is 2.42. The molecule has 1 unspecified atom stereocenters. The number of fused-ring (bicyclic) bond motifs is 1. The summed E-state index contributed by atoms with van der Waals surface area (Å²) in [5, 5.41) is 3.32. The number of halogens is 4. The largest absolute Gasteiger partial charge is 0.465 e. The van der Waals surface area contributed by atoms with Gasteiger partial charge in [-0.05, 0) is 50.3 Å². The van der Waals surface area contributed by atoms with Crippen LogP contribution in [0.2, 0.25) is 0 Å². The Hall–Kier alpha value is -3.15. The van der Waals surface area contributed by atoms with Gasteiger partial charge in [0.2, 0.25) is 0 Å². The van der Waals surface area contributed by atoms with Crippen LogP contribution >= 0.6 is 11.3 Å². The highest BCUT2D eigenvalue weighted by Gasteiger charge is 2.64. The first-order chi connectivity index (χ1) is 16.1. The van der Waals surface area contributed by atoms with Crippen LogP contribution in [-0.2, 0) is 27.1 Å². The Kier molecular flexibility index (Phi) is 7.49. The lowest BCUT2D eigenvalue weighted by molar-refractivity contribution is -0.204. The molecule has 0 fully saturated rings. The van der Waals surface area contributed by atoms with E-state index in [4.69, 9.17) is 4.74 Å². The molecule has 184 valence electrons. The van der Waals surface area contributed by atoms with Gasteiger partial charge in [-0.25, -0.2) is 14.0 Å². The first-order valence-electron chi connectivity index (χ1n) is 10.4. The summed E-state index contributed by atoms with van der Waals surface area (Å²) < 4.78 is 67.1. The number of benzene rings is 1. The van der Waals surface area contributed by atoms with Gasteiger partial charge >= 0.3 is 23.8 Å². The molecule has 0 aliphatic heterocycles. The number of methoxy groups -OCH3 is 1. The summed E-state index contributed by atoms with van der Waals surface area (Å²) >= 11 is 0.865. The van der Waals surface area contributed by atoms with Crippen LogP contribution < -0.4 is 10.6 Å². The Morgan fingerprint density at radius 3 is 2.41 bits per heavy atom. The highest BCUT2D eigenvalue weighted by molar-refractivity contribution is 7.16. The van der Waals surface area contributed by atoms with Crippen LogP contribution in [0.1, 0.15) is 50.9 Å². The normalized spacial score (nSPS) is 15.0. The van der Waals surface area contributed by atoms with E-state index in [0.717, 1.165) is 43.4 Å². The monoisotopic (exact) mass is 502 g/mol. The van der Waals surface area contributed by atoms with Crippen LogP contribution in [0.4, 0.5) is 22.6 Å². The average molecular weight is 502 g/mol. The van der Waals surface area contributed by atoms with Gasteiger partial charge in [0.25, 0.3) is 5.91 Å². The number of carbonyl (C=O) groups is 3. The maximum absolute atomic E-state index is 14.5. The van der Waals surface area contributed by atoms with Gasteiger partial charge in [-0.1, -0.05) is 12.1 Å². The van der Waals surface area contributed by atoms with Gasteiger partial charge in [-0.2, -0.15) is 13.2 Å². The molecule has 1 aliphatic rings. The minimum atomic E-state index is -5.45. The maximum Gasteiger partial charge on any atom is 0.441 e. The Balaban J connectivity index is 2.16. The Labute approximate surface area is 196 Å². The van der Waals surface area contributed by atoms with Crippen LogP contribution in [0.5, 0.6) is 0 Å². The molecule has 7 nitrogen and oxygen atoms in total. The predicted octanol–water partition coefficient (Wildman–Crippen LogP) is 4.22. The Morgan fingerprint density at radius 1 is 1.12 bits per heavy atom. The molecule has 0 saturated heterocycles. The van der Waals surface area contributed by atoms with Crippen molar-refractivity contribution >= 4 is 34.2 Å². The molecule has 0 bridgehead atoms. The topological polar surface area (TPSA) is 93.7 Å². The number of hydrogen-bond acceptors (Lipinski definition) is 7. The fraction of sp³-hybridized carbons (Fsp3) is 0.409. The van der Waals surface area contributed by atoms with Crippen LogP contribution in [0, 0.1) is 5.82 Å². The van der Waals surface area contributed by atoms with Crippen molar-refractivity contribution in [3.63, 3.8) is 0 Å². The number of thiophene rings is 1. The summed E-state index contributed by atoms with van der Waals surface area (Å²) in [7, 11) is 1.08. The second kappa shape index (κ2) is 10.00. The fourth-order valence-corrected chi connectivity index (χ4v) is 4.99. The van der Waals surface area contributed by atoms with Gasteiger partial charge in [0.05, 0.1) is 24.8 Å². The number of anilines is 1. The molecule has 3 rings (SSSR count). The summed E-state index contributed by atoms with van der Waals surface area (Å²) in [4.78, 5) is 38.6. The van der Waals surface area contributed by atoms with Gasteiger partial charge in [-0.3, -0.25) is 4.79 Å². The summed E-state index contributed by atoms with van der Waals surface area (Å²) in [6, 6.07) is 4.38. The number of carbonyl (C=O) groups excluding carboxylic acids is 3. The Morgan fingerprint density at radius 2 is 1.79 bits per heavy atom. The van der Waals surface area contributed by atoms with E-state index >= 15 is 0 Å². The SMILES string of the molecule is CCOC(=O)C(NC(=O)c1ccccc1F)(Nc1sc2c(c1C(=O)OC)CCCC2)C(F)(F)F. The first kappa shape index (κ1) is 25.5. The Bertz CT molecular complexity index is 1100. The average Bonchev–Trinajstić information content (AvgIpc) is 3.15. The maximum atomic E-state index is 14.5. The molecule has 1 aromatic heterocycles. The third kappa shape index (κ3) is 4.72. The molecule has 1 heterocycles. The molecule has 1 amide bonds. The van der Waals surface area contributed by atoms with E-state index in [1.807, 2.05) is 5.32 Å².